The van der Waals surface area contributed by atoms with E-state index in [2.05, 4.69) is 0 Å². The zero-order valence-electron chi connectivity index (χ0n) is 6.26. The second-order valence-corrected chi connectivity index (χ2v) is 2.46. The fourth-order valence-electron chi connectivity index (χ4n) is 1.09. The molecule has 0 aliphatic heterocycles. The first-order valence-electron chi connectivity index (χ1n) is 3.68. The first kappa shape index (κ1) is 7.26. The summed E-state index contributed by atoms with van der Waals surface area (Å²) < 4.78 is 0. The molecule has 0 unspecified atom stereocenters. The lowest BCUT2D eigenvalue weighted by Crippen LogP contribution is -1.93. The molecule has 0 spiro atoms. The lowest BCUT2D eigenvalue weighted by molar-refractivity contribution is -0.114. The summed E-state index contributed by atoms with van der Waals surface area (Å²) in [6, 6.07) is 0. The third kappa shape index (κ3) is 1.56. The maximum atomic E-state index is 11.0. The van der Waals surface area contributed by atoms with Crippen molar-refractivity contribution < 1.29 is 4.79 Å². The number of hydrogen-bond donors (Lipinski definition) is 0. The molecule has 0 atom stereocenters. The van der Waals surface area contributed by atoms with Crippen LogP contribution in [0.1, 0.15) is 26.2 Å². The minimum absolute atomic E-state index is 0.332. The van der Waals surface area contributed by atoms with Crippen molar-refractivity contribution in [1.29, 1.82) is 0 Å². The second kappa shape index (κ2) is 3.35. The molecular weight excluding hydrogens is 124 g/mol. The Balaban J connectivity index is 2.47. The van der Waals surface area contributed by atoms with Gasteiger partial charge in [0.05, 0.1) is 0 Å². The molecule has 10 heavy (non-hydrogen) atoms. The molecule has 1 aliphatic rings. The molecule has 1 heteroatoms. The van der Waals surface area contributed by atoms with Gasteiger partial charge in [0.25, 0.3) is 0 Å². The summed E-state index contributed by atoms with van der Waals surface area (Å²) in [5, 5.41) is 0. The third-order valence-electron chi connectivity index (χ3n) is 1.69. The Morgan fingerprint density at radius 3 is 3.00 bits per heavy atom. The van der Waals surface area contributed by atoms with Crippen molar-refractivity contribution >= 4 is 5.78 Å². The van der Waals surface area contributed by atoms with Crippen molar-refractivity contribution in [3.05, 3.63) is 23.8 Å². The maximum absolute atomic E-state index is 11.0. The average molecular weight is 136 g/mol. The molecule has 0 aromatic carbocycles. The predicted octanol–water partition coefficient (Wildman–Crippen LogP) is 2.24. The van der Waals surface area contributed by atoms with Crippen molar-refractivity contribution in [2.75, 3.05) is 0 Å². The summed E-state index contributed by atoms with van der Waals surface area (Å²) in [5.41, 5.74) is 0.998. The smallest absolute Gasteiger partial charge is 0.159 e. The normalized spacial score (nSPS) is 18.5. The molecule has 0 N–H and O–H groups in total. The van der Waals surface area contributed by atoms with Gasteiger partial charge in [-0.15, -0.1) is 0 Å². The van der Waals surface area contributed by atoms with Crippen molar-refractivity contribution in [2.45, 2.75) is 26.2 Å². The van der Waals surface area contributed by atoms with Crippen LogP contribution in [0.25, 0.3) is 0 Å². The van der Waals surface area contributed by atoms with E-state index in [0.29, 0.717) is 5.78 Å². The van der Waals surface area contributed by atoms with Crippen LogP contribution in [-0.2, 0) is 4.79 Å². The van der Waals surface area contributed by atoms with Crippen molar-refractivity contribution in [1.82, 2.24) is 0 Å². The molecule has 0 aromatic heterocycles. The van der Waals surface area contributed by atoms with Crippen LogP contribution in [0.4, 0.5) is 0 Å². The molecule has 0 amide bonds. The van der Waals surface area contributed by atoms with Crippen LogP contribution in [0.2, 0.25) is 0 Å². The molecular formula is C9H12O. The lowest BCUT2D eigenvalue weighted by Gasteiger charge is -1.91. The highest BCUT2D eigenvalue weighted by Crippen LogP contribution is 2.16. The number of carbonyl (C=O) groups is 1. The number of ketones is 1. The zero-order valence-corrected chi connectivity index (χ0v) is 6.26. The van der Waals surface area contributed by atoms with E-state index in [1.165, 1.54) is 0 Å². The minimum atomic E-state index is 0.332. The van der Waals surface area contributed by atoms with Gasteiger partial charge in [-0.3, -0.25) is 4.79 Å². The summed E-state index contributed by atoms with van der Waals surface area (Å²) in [5.74, 6) is 0.332. The highest BCUT2D eigenvalue weighted by Gasteiger charge is 2.12. The zero-order chi connectivity index (χ0) is 7.40. The average Bonchev–Trinajstić information content (AvgIpc) is 2.31. The predicted molar refractivity (Wildman–Crippen MR) is 41.8 cm³/mol. The Morgan fingerprint density at radius 1 is 1.70 bits per heavy atom. The topological polar surface area (TPSA) is 17.1 Å². The Labute approximate surface area is 61.4 Å². The van der Waals surface area contributed by atoms with E-state index in [1.807, 2.05) is 25.2 Å². The van der Waals surface area contributed by atoms with Crippen LogP contribution in [-0.4, -0.2) is 5.78 Å². The maximum Gasteiger partial charge on any atom is 0.159 e. The minimum Gasteiger partial charge on any atom is -0.295 e. The van der Waals surface area contributed by atoms with E-state index in [4.69, 9.17) is 0 Å². The van der Waals surface area contributed by atoms with Gasteiger partial charge in [-0.1, -0.05) is 18.2 Å². The molecule has 1 rings (SSSR count). The van der Waals surface area contributed by atoms with E-state index in [-0.39, 0.29) is 0 Å². The van der Waals surface area contributed by atoms with E-state index in [1.54, 1.807) is 0 Å². The molecule has 0 aromatic rings. The van der Waals surface area contributed by atoms with Crippen LogP contribution in [0.15, 0.2) is 23.8 Å². The van der Waals surface area contributed by atoms with E-state index in [0.717, 1.165) is 24.8 Å². The monoisotopic (exact) mass is 136 g/mol. The van der Waals surface area contributed by atoms with Gasteiger partial charge in [0, 0.05) is 6.42 Å². The number of hydrogen-bond acceptors (Lipinski definition) is 1. The number of carbonyl (C=O) groups excluding carboxylic acids is 1. The van der Waals surface area contributed by atoms with Crippen molar-refractivity contribution in [3.8, 4) is 0 Å². The van der Waals surface area contributed by atoms with E-state index in [9.17, 15) is 4.79 Å². The fourth-order valence-corrected chi connectivity index (χ4v) is 1.09. The Hall–Kier alpha value is -0.850. The molecule has 0 fully saturated rings. The SMILES string of the molecule is C/C=C/CC1=CCCC1=O. The van der Waals surface area contributed by atoms with Gasteiger partial charge in [0.15, 0.2) is 5.78 Å². The van der Waals surface area contributed by atoms with Crippen LogP contribution in [0, 0.1) is 0 Å². The van der Waals surface area contributed by atoms with Crippen LogP contribution in [0.3, 0.4) is 0 Å². The van der Waals surface area contributed by atoms with Gasteiger partial charge < -0.3 is 0 Å². The fraction of sp³-hybridized carbons (Fsp3) is 0.444. The quantitative estimate of drug-likeness (QED) is 0.532. The summed E-state index contributed by atoms with van der Waals surface area (Å²) in [6.07, 6.45) is 8.55. The molecule has 1 nitrogen and oxygen atoms in total. The van der Waals surface area contributed by atoms with E-state index < -0.39 is 0 Å². The van der Waals surface area contributed by atoms with Crippen LogP contribution < -0.4 is 0 Å². The number of Topliss-reactive ketones (excluding diaryl/α,β-unsaturated/α-hetero) is 1. The van der Waals surface area contributed by atoms with Gasteiger partial charge in [-0.05, 0) is 25.3 Å². The molecule has 0 radical (unpaired) electrons. The lowest BCUT2D eigenvalue weighted by atomic mass is 10.1. The summed E-state index contributed by atoms with van der Waals surface area (Å²) in [4.78, 5) is 11.0. The summed E-state index contributed by atoms with van der Waals surface area (Å²) >= 11 is 0. The molecule has 0 heterocycles. The van der Waals surface area contributed by atoms with Crippen LogP contribution in [0.5, 0.6) is 0 Å². The summed E-state index contributed by atoms with van der Waals surface area (Å²) in [6.45, 7) is 1.97. The number of rotatable bonds is 2. The first-order valence-corrected chi connectivity index (χ1v) is 3.68. The highest BCUT2D eigenvalue weighted by molar-refractivity contribution is 5.97. The van der Waals surface area contributed by atoms with Gasteiger partial charge in [-0.25, -0.2) is 0 Å². The molecule has 0 saturated carbocycles. The van der Waals surface area contributed by atoms with Gasteiger partial charge in [-0.2, -0.15) is 0 Å². The van der Waals surface area contributed by atoms with Gasteiger partial charge in [0.1, 0.15) is 0 Å². The van der Waals surface area contributed by atoms with Crippen molar-refractivity contribution in [3.63, 3.8) is 0 Å². The second-order valence-electron chi connectivity index (χ2n) is 2.46. The van der Waals surface area contributed by atoms with Crippen molar-refractivity contribution in [2.24, 2.45) is 0 Å². The Morgan fingerprint density at radius 2 is 2.50 bits per heavy atom. The molecule has 0 saturated heterocycles. The Kier molecular flexibility index (Phi) is 2.43. The molecule has 0 bridgehead atoms. The largest absolute Gasteiger partial charge is 0.295 e. The standard InChI is InChI=1S/C9H12O/c1-2-3-5-8-6-4-7-9(8)10/h2-3,6H,4-5,7H2,1H3/b3-2+. The first-order chi connectivity index (χ1) is 4.84. The molecule has 1 aliphatic carbocycles. The van der Waals surface area contributed by atoms with Crippen LogP contribution >= 0.6 is 0 Å². The van der Waals surface area contributed by atoms with Gasteiger partial charge >= 0.3 is 0 Å². The third-order valence-corrected chi connectivity index (χ3v) is 1.69. The molecule has 54 valence electrons. The van der Waals surface area contributed by atoms with E-state index >= 15 is 0 Å². The number of allylic oxidation sites excluding steroid dienone is 4. The highest BCUT2D eigenvalue weighted by atomic mass is 16.1. The Bertz CT molecular complexity index is 187. The summed E-state index contributed by atoms with van der Waals surface area (Å²) in [7, 11) is 0. The van der Waals surface area contributed by atoms with Gasteiger partial charge in [0.2, 0.25) is 0 Å².